The number of nitrogens with zero attached hydrogens (tertiary/aromatic N) is 4. The van der Waals surface area contributed by atoms with E-state index in [1.165, 1.54) is 34.9 Å². The normalized spacial score (nSPS) is 11.4. The number of hydrogen-bond donors (Lipinski definition) is 0. The number of rotatable bonds is 5. The lowest BCUT2D eigenvalue weighted by Gasteiger charge is -2.01. The summed E-state index contributed by atoms with van der Waals surface area (Å²) >= 11 is 7.14. The van der Waals surface area contributed by atoms with Crippen LogP contribution in [0.25, 0.3) is 11.1 Å². The summed E-state index contributed by atoms with van der Waals surface area (Å²) in [6.07, 6.45) is 1.36. The Labute approximate surface area is 127 Å². The third-order valence-corrected chi connectivity index (χ3v) is 3.81. The Morgan fingerprint density at radius 3 is 3.05 bits per heavy atom. The Morgan fingerprint density at radius 2 is 2.24 bits per heavy atom. The third-order valence-electron chi connectivity index (χ3n) is 2.71. The number of hydrogen-bond acceptors (Lipinski definition) is 5. The first-order chi connectivity index (χ1) is 10.2. The molecule has 2 heterocycles. The summed E-state index contributed by atoms with van der Waals surface area (Å²) in [4.78, 5) is 8.19. The van der Waals surface area contributed by atoms with Gasteiger partial charge in [-0.2, -0.15) is 5.10 Å². The molecule has 0 bridgehead atoms. The number of oxazole rings is 1. The molecule has 1 aromatic carbocycles. The first-order valence-corrected chi connectivity index (χ1v) is 7.35. The minimum absolute atomic E-state index is 0.153. The molecule has 3 aromatic rings. The van der Waals surface area contributed by atoms with Crippen molar-refractivity contribution in [2.24, 2.45) is 0 Å². The molecule has 5 nitrogen and oxygen atoms in total. The van der Waals surface area contributed by atoms with Gasteiger partial charge in [0.2, 0.25) is 0 Å². The number of alkyl halides is 1. The molecule has 0 N–H and O–H groups in total. The zero-order chi connectivity index (χ0) is 14.8. The highest BCUT2D eigenvalue weighted by atomic mass is 35.5. The van der Waals surface area contributed by atoms with Gasteiger partial charge in [0.25, 0.3) is 5.22 Å². The predicted octanol–water partition coefficient (Wildman–Crippen LogP) is 3.47. The molecule has 0 saturated carbocycles. The van der Waals surface area contributed by atoms with E-state index in [0.29, 0.717) is 27.9 Å². The predicted molar refractivity (Wildman–Crippen MR) is 74.5 cm³/mol. The van der Waals surface area contributed by atoms with Gasteiger partial charge >= 0.3 is 0 Å². The second-order valence-corrected chi connectivity index (χ2v) is 5.43. The average Bonchev–Trinajstić information content (AvgIpc) is 3.03. The second kappa shape index (κ2) is 5.98. The summed E-state index contributed by atoms with van der Waals surface area (Å²) in [7, 11) is 0. The maximum absolute atomic E-state index is 13.2. The van der Waals surface area contributed by atoms with Gasteiger partial charge in [0.1, 0.15) is 30.2 Å². The summed E-state index contributed by atoms with van der Waals surface area (Å²) in [5.41, 5.74) is 0.693. The Kier molecular flexibility index (Phi) is 4.07. The van der Waals surface area contributed by atoms with Gasteiger partial charge in [0.15, 0.2) is 5.58 Å². The van der Waals surface area contributed by atoms with Gasteiger partial charge in [0, 0.05) is 6.07 Å². The highest BCUT2D eigenvalue weighted by Crippen LogP contribution is 2.30. The monoisotopic (exact) mass is 330 g/mol. The van der Waals surface area contributed by atoms with E-state index in [1.54, 1.807) is 0 Å². The van der Waals surface area contributed by atoms with E-state index in [-0.39, 0.29) is 11.6 Å². The SMILES string of the molecule is FCCn1ncnc1CSc1nc2cc(F)cc(Cl)c2o1. The van der Waals surface area contributed by atoms with E-state index in [9.17, 15) is 8.78 Å². The van der Waals surface area contributed by atoms with Gasteiger partial charge < -0.3 is 4.42 Å². The molecule has 0 aliphatic carbocycles. The van der Waals surface area contributed by atoms with Crippen molar-refractivity contribution in [3.05, 3.63) is 35.1 Å². The molecular formula is C12H9ClF2N4OS. The highest BCUT2D eigenvalue weighted by Gasteiger charge is 2.13. The van der Waals surface area contributed by atoms with Crippen LogP contribution in [0.5, 0.6) is 0 Å². The molecule has 21 heavy (non-hydrogen) atoms. The van der Waals surface area contributed by atoms with Gasteiger partial charge in [0.05, 0.1) is 17.3 Å². The highest BCUT2D eigenvalue weighted by molar-refractivity contribution is 7.98. The van der Waals surface area contributed by atoms with Crippen LogP contribution in [0, 0.1) is 5.82 Å². The van der Waals surface area contributed by atoms with E-state index in [0.717, 1.165) is 0 Å². The molecule has 0 radical (unpaired) electrons. The van der Waals surface area contributed by atoms with Gasteiger partial charge in [-0.15, -0.1) is 0 Å². The maximum atomic E-state index is 13.2. The van der Waals surface area contributed by atoms with Crippen LogP contribution < -0.4 is 0 Å². The lowest BCUT2D eigenvalue weighted by molar-refractivity contribution is 0.421. The fourth-order valence-corrected chi connectivity index (χ4v) is 2.81. The fourth-order valence-electron chi connectivity index (χ4n) is 1.79. The van der Waals surface area contributed by atoms with Crippen molar-refractivity contribution >= 4 is 34.5 Å². The topological polar surface area (TPSA) is 56.7 Å². The molecule has 0 amide bonds. The Bertz CT molecular complexity index is 776. The Balaban J connectivity index is 1.79. The first kappa shape index (κ1) is 14.3. The van der Waals surface area contributed by atoms with Crippen LogP contribution in [0.2, 0.25) is 5.02 Å². The minimum Gasteiger partial charge on any atom is -0.430 e. The third kappa shape index (κ3) is 3.01. The van der Waals surface area contributed by atoms with E-state index in [1.807, 2.05) is 0 Å². The summed E-state index contributed by atoms with van der Waals surface area (Å²) in [5.74, 6) is 0.546. The minimum atomic E-state index is -0.515. The van der Waals surface area contributed by atoms with Crippen LogP contribution in [0.1, 0.15) is 5.82 Å². The van der Waals surface area contributed by atoms with E-state index >= 15 is 0 Å². The molecule has 9 heteroatoms. The first-order valence-electron chi connectivity index (χ1n) is 5.98. The summed E-state index contributed by atoms with van der Waals surface area (Å²) < 4.78 is 32.5. The van der Waals surface area contributed by atoms with Crippen molar-refractivity contribution < 1.29 is 13.2 Å². The van der Waals surface area contributed by atoms with Crippen molar-refractivity contribution in [1.82, 2.24) is 19.7 Å². The Morgan fingerprint density at radius 1 is 1.38 bits per heavy atom. The van der Waals surface area contributed by atoms with E-state index < -0.39 is 12.5 Å². The number of aryl methyl sites for hydroxylation is 1. The lowest BCUT2D eigenvalue weighted by atomic mass is 10.3. The molecule has 0 saturated heterocycles. The molecule has 0 atom stereocenters. The van der Waals surface area contributed by atoms with Crippen molar-refractivity contribution in [3.63, 3.8) is 0 Å². The van der Waals surface area contributed by atoms with Crippen LogP contribution in [0.4, 0.5) is 8.78 Å². The fraction of sp³-hybridized carbons (Fsp3) is 0.250. The van der Waals surface area contributed by atoms with Gasteiger partial charge in [-0.1, -0.05) is 23.4 Å². The van der Waals surface area contributed by atoms with Crippen molar-refractivity contribution in [2.75, 3.05) is 6.67 Å². The number of fused-ring (bicyclic) bond motifs is 1. The number of benzene rings is 1. The van der Waals surface area contributed by atoms with Gasteiger partial charge in [-0.05, 0) is 6.07 Å². The summed E-state index contributed by atoms with van der Waals surface area (Å²) in [5, 5.41) is 4.43. The average molecular weight is 331 g/mol. The quantitative estimate of drug-likeness (QED) is 0.670. The second-order valence-electron chi connectivity index (χ2n) is 4.09. The smallest absolute Gasteiger partial charge is 0.257 e. The van der Waals surface area contributed by atoms with Crippen LogP contribution >= 0.6 is 23.4 Å². The summed E-state index contributed by atoms with van der Waals surface area (Å²) in [6, 6.07) is 2.42. The van der Waals surface area contributed by atoms with Crippen LogP contribution in [-0.2, 0) is 12.3 Å². The lowest BCUT2D eigenvalue weighted by Crippen LogP contribution is -2.06. The van der Waals surface area contributed by atoms with Crippen molar-refractivity contribution in [2.45, 2.75) is 17.5 Å². The standard InChI is InChI=1S/C12H9ClF2N4OS/c13-8-3-7(15)4-9-11(8)20-12(18-9)21-5-10-16-6-17-19(10)2-1-14/h3-4,6H,1-2,5H2. The van der Waals surface area contributed by atoms with Gasteiger partial charge in [-0.3, -0.25) is 0 Å². The molecule has 0 spiro atoms. The van der Waals surface area contributed by atoms with Crippen molar-refractivity contribution in [3.8, 4) is 0 Å². The summed E-state index contributed by atoms with van der Waals surface area (Å²) in [6.45, 7) is -0.362. The van der Waals surface area contributed by atoms with Crippen molar-refractivity contribution in [1.29, 1.82) is 0 Å². The van der Waals surface area contributed by atoms with Crippen LogP contribution in [0.15, 0.2) is 28.1 Å². The van der Waals surface area contributed by atoms with Gasteiger partial charge in [-0.25, -0.2) is 23.4 Å². The van der Waals surface area contributed by atoms with E-state index in [4.69, 9.17) is 16.0 Å². The molecule has 0 fully saturated rings. The largest absolute Gasteiger partial charge is 0.430 e. The zero-order valence-electron chi connectivity index (χ0n) is 10.6. The number of aromatic nitrogens is 4. The molecule has 0 aliphatic heterocycles. The molecule has 0 aliphatic rings. The molecule has 0 unspecified atom stereocenters. The number of halogens is 3. The Hall–Kier alpha value is -1.67. The maximum Gasteiger partial charge on any atom is 0.257 e. The molecule has 2 aromatic heterocycles. The van der Waals surface area contributed by atoms with Crippen LogP contribution in [0.3, 0.4) is 0 Å². The van der Waals surface area contributed by atoms with Crippen LogP contribution in [-0.4, -0.2) is 26.4 Å². The molecule has 110 valence electrons. The molecule has 3 rings (SSSR count). The van der Waals surface area contributed by atoms with E-state index in [2.05, 4.69) is 15.1 Å². The number of thioether (sulfide) groups is 1. The molecular weight excluding hydrogens is 322 g/mol. The zero-order valence-corrected chi connectivity index (χ0v) is 12.2.